The van der Waals surface area contributed by atoms with Gasteiger partial charge in [0.1, 0.15) is 5.69 Å². The van der Waals surface area contributed by atoms with E-state index >= 15 is 0 Å². The van der Waals surface area contributed by atoms with Gasteiger partial charge in [0.05, 0.1) is 24.7 Å². The smallest absolute Gasteiger partial charge is 0.267 e. The summed E-state index contributed by atoms with van der Waals surface area (Å²) in [7, 11) is 1.61. The molecule has 0 aliphatic carbocycles. The number of aliphatic hydroxyl groups is 1. The first-order chi connectivity index (χ1) is 13.5. The number of likely N-dealkylation sites (N-methyl/N-ethyl adjacent to an activating group) is 1. The average Bonchev–Trinajstić information content (AvgIpc) is 3.16. The monoisotopic (exact) mass is 378 g/mol. The summed E-state index contributed by atoms with van der Waals surface area (Å²) in [6.07, 6.45) is 3.12. The number of amides is 2. The molecular formula is C19H18N6O3. The predicted molar refractivity (Wildman–Crippen MR) is 102 cm³/mol. The summed E-state index contributed by atoms with van der Waals surface area (Å²) < 4.78 is 0. The summed E-state index contributed by atoms with van der Waals surface area (Å²) in [6.45, 7) is 0.165. The third-order valence-corrected chi connectivity index (χ3v) is 4.04. The lowest BCUT2D eigenvalue weighted by Gasteiger charge is -2.13. The number of carbonyl (C=O) groups is 2. The fourth-order valence-electron chi connectivity index (χ4n) is 2.57. The maximum absolute atomic E-state index is 11.9. The third kappa shape index (κ3) is 4.13. The van der Waals surface area contributed by atoms with Crippen molar-refractivity contribution in [3.8, 4) is 23.2 Å². The standard InChI is InChI=1S/C19H18N6O3/c1-25(7-8-26)17(27)4-2-3-12-9-13(14-11-22-24-16(14)10-12)19-21-6-5-15(23-19)18(20)28/h5-6,9-11,26H,4,7-8H2,1H3,(H2,20,28)(H,22,24). The maximum atomic E-state index is 11.9. The zero-order valence-electron chi connectivity index (χ0n) is 15.1. The Hall–Kier alpha value is -3.77. The number of hydrogen-bond donors (Lipinski definition) is 3. The quantitative estimate of drug-likeness (QED) is 0.546. The fraction of sp³-hybridized carbons (Fsp3) is 0.211. The van der Waals surface area contributed by atoms with E-state index in [1.807, 2.05) is 0 Å². The Balaban J connectivity index is 1.95. The number of aromatic nitrogens is 4. The number of nitrogens with zero attached hydrogens (tertiary/aromatic N) is 4. The number of rotatable bonds is 5. The van der Waals surface area contributed by atoms with Crippen molar-refractivity contribution in [2.24, 2.45) is 5.73 Å². The van der Waals surface area contributed by atoms with Crippen molar-refractivity contribution in [1.82, 2.24) is 25.1 Å². The van der Waals surface area contributed by atoms with Crippen LogP contribution in [0.15, 0.2) is 30.6 Å². The second kappa shape index (κ2) is 8.28. The van der Waals surface area contributed by atoms with Gasteiger partial charge in [0.2, 0.25) is 5.91 Å². The van der Waals surface area contributed by atoms with Crippen LogP contribution in [0, 0.1) is 11.8 Å². The van der Waals surface area contributed by atoms with Crippen LogP contribution in [-0.4, -0.2) is 62.2 Å². The Kier molecular flexibility index (Phi) is 5.62. The van der Waals surface area contributed by atoms with Crippen LogP contribution < -0.4 is 5.73 Å². The molecule has 2 aromatic heterocycles. The number of aliphatic hydroxyl groups excluding tert-OH is 1. The summed E-state index contributed by atoms with van der Waals surface area (Å²) in [5.74, 6) is 5.28. The molecule has 0 saturated heterocycles. The third-order valence-electron chi connectivity index (χ3n) is 4.04. The molecule has 0 fully saturated rings. The molecule has 1 aromatic carbocycles. The van der Waals surface area contributed by atoms with Gasteiger partial charge in [-0.25, -0.2) is 9.97 Å². The molecule has 3 aromatic rings. The Bertz CT molecular complexity index is 1100. The van der Waals surface area contributed by atoms with Gasteiger partial charge >= 0.3 is 0 Å². The molecule has 28 heavy (non-hydrogen) atoms. The molecular weight excluding hydrogens is 360 g/mol. The van der Waals surface area contributed by atoms with Gasteiger partial charge in [-0.3, -0.25) is 14.7 Å². The minimum atomic E-state index is -0.645. The first-order valence-corrected chi connectivity index (χ1v) is 8.43. The topological polar surface area (TPSA) is 138 Å². The molecule has 4 N–H and O–H groups in total. The van der Waals surface area contributed by atoms with Gasteiger partial charge in [-0.15, -0.1) is 0 Å². The van der Waals surface area contributed by atoms with Crippen LogP contribution >= 0.6 is 0 Å². The molecule has 9 heteroatoms. The van der Waals surface area contributed by atoms with Gasteiger partial charge in [-0.1, -0.05) is 11.8 Å². The lowest BCUT2D eigenvalue weighted by atomic mass is 10.1. The summed E-state index contributed by atoms with van der Waals surface area (Å²) >= 11 is 0. The van der Waals surface area contributed by atoms with E-state index in [1.54, 1.807) is 25.4 Å². The van der Waals surface area contributed by atoms with Gasteiger partial charge in [0.25, 0.3) is 5.91 Å². The number of nitrogens with one attached hydrogen (secondary N) is 1. The van der Waals surface area contributed by atoms with E-state index in [-0.39, 0.29) is 31.2 Å². The molecule has 0 radical (unpaired) electrons. The zero-order valence-corrected chi connectivity index (χ0v) is 15.1. The first kappa shape index (κ1) is 19.0. The van der Waals surface area contributed by atoms with Gasteiger partial charge < -0.3 is 15.7 Å². The maximum Gasteiger partial charge on any atom is 0.267 e. The first-order valence-electron chi connectivity index (χ1n) is 8.43. The van der Waals surface area contributed by atoms with Crippen LogP contribution in [-0.2, 0) is 4.79 Å². The van der Waals surface area contributed by atoms with Crippen LogP contribution in [0.5, 0.6) is 0 Å². The molecule has 142 valence electrons. The number of aromatic amines is 1. The van der Waals surface area contributed by atoms with Crippen LogP contribution in [0.25, 0.3) is 22.3 Å². The van der Waals surface area contributed by atoms with Crippen molar-refractivity contribution in [3.05, 3.63) is 41.9 Å². The number of fused-ring (bicyclic) bond motifs is 1. The molecule has 0 saturated carbocycles. The Labute approximate surface area is 160 Å². The van der Waals surface area contributed by atoms with E-state index < -0.39 is 5.91 Å². The zero-order chi connectivity index (χ0) is 20.1. The normalized spacial score (nSPS) is 10.4. The highest BCUT2D eigenvalue weighted by Crippen LogP contribution is 2.26. The number of primary amides is 1. The minimum Gasteiger partial charge on any atom is -0.395 e. The number of benzene rings is 1. The highest BCUT2D eigenvalue weighted by Gasteiger charge is 2.12. The fourth-order valence-corrected chi connectivity index (χ4v) is 2.57. The average molecular weight is 378 g/mol. The largest absolute Gasteiger partial charge is 0.395 e. The molecule has 9 nitrogen and oxygen atoms in total. The van der Waals surface area contributed by atoms with Gasteiger partial charge in [-0.05, 0) is 18.2 Å². The Morgan fingerprint density at radius 3 is 2.93 bits per heavy atom. The van der Waals surface area contributed by atoms with E-state index in [9.17, 15) is 9.59 Å². The van der Waals surface area contributed by atoms with E-state index in [0.29, 0.717) is 17.0 Å². The van der Waals surface area contributed by atoms with Crippen LogP contribution in [0.4, 0.5) is 0 Å². The second-order valence-corrected chi connectivity index (χ2v) is 6.00. The van der Waals surface area contributed by atoms with E-state index in [4.69, 9.17) is 10.8 Å². The second-order valence-electron chi connectivity index (χ2n) is 6.00. The molecule has 0 aliphatic heterocycles. The Morgan fingerprint density at radius 1 is 1.36 bits per heavy atom. The minimum absolute atomic E-state index is 0.0283. The van der Waals surface area contributed by atoms with Crippen LogP contribution in [0.2, 0.25) is 0 Å². The van der Waals surface area contributed by atoms with Crippen LogP contribution in [0.1, 0.15) is 22.5 Å². The number of hydrogen-bond acceptors (Lipinski definition) is 6. The summed E-state index contributed by atoms with van der Waals surface area (Å²) in [6, 6.07) is 5.02. The molecule has 0 atom stereocenters. The SMILES string of the molecule is CN(CCO)C(=O)CC#Cc1cc(-c2nccc(C(N)=O)n2)c2cn[nH]c2c1. The summed E-state index contributed by atoms with van der Waals surface area (Å²) in [5, 5.41) is 16.6. The van der Waals surface area contributed by atoms with E-state index in [0.717, 1.165) is 10.9 Å². The van der Waals surface area contributed by atoms with Crippen molar-refractivity contribution in [2.75, 3.05) is 20.2 Å². The van der Waals surface area contributed by atoms with Crippen molar-refractivity contribution in [1.29, 1.82) is 0 Å². The molecule has 2 heterocycles. The molecule has 0 bridgehead atoms. The molecule has 0 spiro atoms. The number of H-pyrrole nitrogens is 1. The van der Waals surface area contributed by atoms with Crippen molar-refractivity contribution in [2.45, 2.75) is 6.42 Å². The van der Waals surface area contributed by atoms with Crippen molar-refractivity contribution >= 4 is 22.7 Å². The molecule has 0 unspecified atom stereocenters. The Morgan fingerprint density at radius 2 is 2.18 bits per heavy atom. The van der Waals surface area contributed by atoms with Gasteiger partial charge in [-0.2, -0.15) is 5.10 Å². The van der Waals surface area contributed by atoms with Crippen LogP contribution in [0.3, 0.4) is 0 Å². The predicted octanol–water partition coefficient (Wildman–Crippen LogP) is 0.311. The lowest BCUT2D eigenvalue weighted by molar-refractivity contribution is -0.129. The summed E-state index contributed by atoms with van der Waals surface area (Å²) in [4.78, 5) is 33.2. The highest BCUT2D eigenvalue weighted by atomic mass is 16.3. The van der Waals surface area contributed by atoms with Gasteiger partial charge in [0, 0.05) is 36.3 Å². The van der Waals surface area contributed by atoms with Crippen molar-refractivity contribution in [3.63, 3.8) is 0 Å². The molecule has 0 aliphatic rings. The highest BCUT2D eigenvalue weighted by molar-refractivity contribution is 5.95. The molecule has 2 amide bonds. The number of carbonyl (C=O) groups excluding carboxylic acids is 2. The molecule has 3 rings (SSSR count). The van der Waals surface area contributed by atoms with Crippen molar-refractivity contribution < 1.29 is 14.7 Å². The number of nitrogens with two attached hydrogens (primary N) is 1. The lowest BCUT2D eigenvalue weighted by Crippen LogP contribution is -2.28. The van der Waals surface area contributed by atoms with Gasteiger partial charge in [0.15, 0.2) is 5.82 Å². The van der Waals surface area contributed by atoms with E-state index in [2.05, 4.69) is 32.0 Å². The van der Waals surface area contributed by atoms with E-state index in [1.165, 1.54) is 17.2 Å². The summed E-state index contributed by atoms with van der Waals surface area (Å²) in [5.41, 5.74) is 7.41.